The summed E-state index contributed by atoms with van der Waals surface area (Å²) in [6.07, 6.45) is -0.110. The second-order valence-electron chi connectivity index (χ2n) is 4.57. The highest BCUT2D eigenvalue weighted by Crippen LogP contribution is 2.29. The molecule has 0 bridgehead atoms. The number of rotatable bonds is 5. The van der Waals surface area contributed by atoms with Gasteiger partial charge in [0.15, 0.2) is 0 Å². The molecule has 0 saturated carbocycles. The normalized spacial score (nSPS) is 11.9. The van der Waals surface area contributed by atoms with Crippen LogP contribution in [0, 0.1) is 0 Å². The van der Waals surface area contributed by atoms with Crippen molar-refractivity contribution in [2.45, 2.75) is 12.5 Å². The predicted octanol–water partition coefficient (Wildman–Crippen LogP) is 2.84. The fourth-order valence-electron chi connectivity index (χ4n) is 2.06. The fourth-order valence-corrected chi connectivity index (χ4v) is 2.06. The Morgan fingerprint density at radius 2 is 1.90 bits per heavy atom. The largest absolute Gasteiger partial charge is 0.497 e. The SMILES string of the molecule is COc1cc(-c2ccccc2)cc(C(N)CC(=O)O)c1. The standard InChI is InChI=1S/C16H17NO3/c1-20-14-8-12(11-5-3-2-4-6-11)7-13(9-14)15(17)10-16(18)19/h2-9,15H,10,17H2,1H3,(H,18,19). The van der Waals surface area contributed by atoms with E-state index in [1.165, 1.54) is 0 Å². The maximum Gasteiger partial charge on any atom is 0.305 e. The fraction of sp³-hybridized carbons (Fsp3) is 0.188. The van der Waals surface area contributed by atoms with Crippen molar-refractivity contribution in [3.05, 3.63) is 54.1 Å². The lowest BCUT2D eigenvalue weighted by molar-refractivity contribution is -0.137. The number of carboxylic acids is 1. The minimum Gasteiger partial charge on any atom is -0.497 e. The summed E-state index contributed by atoms with van der Waals surface area (Å²) in [5, 5.41) is 8.85. The Labute approximate surface area is 117 Å². The highest BCUT2D eigenvalue weighted by Gasteiger charge is 2.13. The van der Waals surface area contributed by atoms with Gasteiger partial charge in [-0.05, 0) is 34.9 Å². The topological polar surface area (TPSA) is 72.5 Å². The molecule has 0 aliphatic carbocycles. The summed E-state index contributed by atoms with van der Waals surface area (Å²) in [5.41, 5.74) is 8.68. The van der Waals surface area contributed by atoms with Crippen molar-refractivity contribution in [2.75, 3.05) is 7.11 Å². The zero-order valence-corrected chi connectivity index (χ0v) is 11.2. The number of nitrogens with two attached hydrogens (primary N) is 1. The molecule has 0 saturated heterocycles. The zero-order chi connectivity index (χ0) is 14.5. The van der Waals surface area contributed by atoms with Crippen LogP contribution < -0.4 is 10.5 Å². The molecule has 0 radical (unpaired) electrons. The van der Waals surface area contributed by atoms with Gasteiger partial charge in [-0.3, -0.25) is 4.79 Å². The number of ether oxygens (including phenoxy) is 1. The summed E-state index contributed by atoms with van der Waals surface area (Å²) < 4.78 is 5.27. The van der Waals surface area contributed by atoms with Crippen LogP contribution in [0.1, 0.15) is 18.0 Å². The highest BCUT2D eigenvalue weighted by atomic mass is 16.5. The first kappa shape index (κ1) is 14.1. The van der Waals surface area contributed by atoms with E-state index < -0.39 is 12.0 Å². The molecule has 2 aromatic carbocycles. The van der Waals surface area contributed by atoms with Gasteiger partial charge in [0, 0.05) is 6.04 Å². The van der Waals surface area contributed by atoms with Crippen LogP contribution in [0.2, 0.25) is 0 Å². The lowest BCUT2D eigenvalue weighted by Crippen LogP contribution is -2.15. The zero-order valence-electron chi connectivity index (χ0n) is 11.2. The van der Waals surface area contributed by atoms with Crippen molar-refractivity contribution in [3.8, 4) is 16.9 Å². The van der Waals surface area contributed by atoms with Gasteiger partial charge < -0.3 is 15.6 Å². The second kappa shape index (κ2) is 6.21. The lowest BCUT2D eigenvalue weighted by atomic mass is 9.98. The number of carboxylic acid groups (broad SMARTS) is 1. The number of hydrogen-bond acceptors (Lipinski definition) is 3. The molecule has 1 unspecified atom stereocenters. The summed E-state index contributed by atoms with van der Waals surface area (Å²) in [6, 6.07) is 14.9. The van der Waals surface area contributed by atoms with Gasteiger partial charge in [-0.15, -0.1) is 0 Å². The van der Waals surface area contributed by atoms with E-state index in [1.807, 2.05) is 42.5 Å². The van der Waals surface area contributed by atoms with Crippen LogP contribution in [0.3, 0.4) is 0 Å². The Kier molecular flexibility index (Phi) is 4.38. The molecule has 1 atom stereocenters. The number of benzene rings is 2. The summed E-state index contributed by atoms with van der Waals surface area (Å²) >= 11 is 0. The average Bonchev–Trinajstić information content (AvgIpc) is 2.47. The van der Waals surface area contributed by atoms with Crippen molar-refractivity contribution in [3.63, 3.8) is 0 Å². The summed E-state index contributed by atoms with van der Waals surface area (Å²) in [4.78, 5) is 10.8. The molecule has 0 aliphatic heterocycles. The van der Waals surface area contributed by atoms with Gasteiger partial charge in [-0.1, -0.05) is 30.3 Å². The molecule has 104 valence electrons. The van der Waals surface area contributed by atoms with Gasteiger partial charge in [-0.2, -0.15) is 0 Å². The maximum absolute atomic E-state index is 10.8. The van der Waals surface area contributed by atoms with Crippen LogP contribution in [-0.2, 0) is 4.79 Å². The average molecular weight is 271 g/mol. The monoisotopic (exact) mass is 271 g/mol. The first-order valence-corrected chi connectivity index (χ1v) is 6.32. The number of aliphatic carboxylic acids is 1. The number of carbonyl (C=O) groups is 1. The molecule has 4 nitrogen and oxygen atoms in total. The van der Waals surface area contributed by atoms with Gasteiger partial charge in [-0.25, -0.2) is 0 Å². The molecule has 0 spiro atoms. The predicted molar refractivity (Wildman–Crippen MR) is 77.6 cm³/mol. The molecule has 0 fully saturated rings. The van der Waals surface area contributed by atoms with E-state index in [4.69, 9.17) is 15.6 Å². The molecule has 0 aromatic heterocycles. The maximum atomic E-state index is 10.8. The Balaban J connectivity index is 2.41. The van der Waals surface area contributed by atoms with Crippen LogP contribution in [0.15, 0.2) is 48.5 Å². The van der Waals surface area contributed by atoms with Crippen molar-refractivity contribution in [1.82, 2.24) is 0 Å². The van der Waals surface area contributed by atoms with Gasteiger partial charge in [0.05, 0.1) is 13.5 Å². The molecular formula is C16H17NO3. The number of methoxy groups -OCH3 is 1. The summed E-state index contributed by atoms with van der Waals surface area (Å²) in [5.74, 6) is -0.247. The van der Waals surface area contributed by atoms with Crippen molar-refractivity contribution in [1.29, 1.82) is 0 Å². The minimum absolute atomic E-state index is 0.110. The summed E-state index contributed by atoms with van der Waals surface area (Å²) in [7, 11) is 1.58. The van der Waals surface area contributed by atoms with Gasteiger partial charge in [0.1, 0.15) is 5.75 Å². The molecular weight excluding hydrogens is 254 g/mol. The number of hydrogen-bond donors (Lipinski definition) is 2. The van der Waals surface area contributed by atoms with E-state index in [0.29, 0.717) is 5.75 Å². The minimum atomic E-state index is -0.915. The van der Waals surface area contributed by atoms with Crippen LogP contribution in [0.4, 0.5) is 0 Å². The molecule has 0 aliphatic rings. The van der Waals surface area contributed by atoms with Gasteiger partial charge >= 0.3 is 5.97 Å². The van der Waals surface area contributed by atoms with Crippen molar-refractivity contribution < 1.29 is 14.6 Å². The van der Waals surface area contributed by atoms with E-state index in [1.54, 1.807) is 13.2 Å². The van der Waals surface area contributed by atoms with E-state index >= 15 is 0 Å². The lowest BCUT2D eigenvalue weighted by Gasteiger charge is -2.13. The molecule has 0 amide bonds. The van der Waals surface area contributed by atoms with Gasteiger partial charge in [0.2, 0.25) is 0 Å². The second-order valence-corrected chi connectivity index (χ2v) is 4.57. The van der Waals surface area contributed by atoms with E-state index in [-0.39, 0.29) is 6.42 Å². The van der Waals surface area contributed by atoms with Crippen molar-refractivity contribution in [2.24, 2.45) is 5.73 Å². The molecule has 2 rings (SSSR count). The van der Waals surface area contributed by atoms with Crippen LogP contribution >= 0.6 is 0 Å². The Hall–Kier alpha value is -2.33. The smallest absolute Gasteiger partial charge is 0.305 e. The third-order valence-corrected chi connectivity index (χ3v) is 3.09. The van der Waals surface area contributed by atoms with Crippen LogP contribution in [0.5, 0.6) is 5.75 Å². The quantitative estimate of drug-likeness (QED) is 0.877. The van der Waals surface area contributed by atoms with Crippen LogP contribution in [0.25, 0.3) is 11.1 Å². The molecule has 0 heterocycles. The third kappa shape index (κ3) is 3.36. The third-order valence-electron chi connectivity index (χ3n) is 3.09. The first-order valence-electron chi connectivity index (χ1n) is 6.32. The Morgan fingerprint density at radius 3 is 2.50 bits per heavy atom. The summed E-state index contributed by atoms with van der Waals surface area (Å²) in [6.45, 7) is 0. The van der Waals surface area contributed by atoms with E-state index in [9.17, 15) is 4.79 Å². The van der Waals surface area contributed by atoms with E-state index in [2.05, 4.69) is 0 Å². The Bertz CT molecular complexity index is 596. The molecule has 4 heteroatoms. The van der Waals surface area contributed by atoms with Crippen molar-refractivity contribution >= 4 is 5.97 Å². The molecule has 2 aromatic rings. The molecule has 20 heavy (non-hydrogen) atoms. The Morgan fingerprint density at radius 1 is 1.20 bits per heavy atom. The van der Waals surface area contributed by atoms with Gasteiger partial charge in [0.25, 0.3) is 0 Å². The molecule has 3 N–H and O–H groups in total. The highest BCUT2D eigenvalue weighted by molar-refractivity contribution is 5.69. The first-order chi connectivity index (χ1) is 9.60. The van der Waals surface area contributed by atoms with Crippen LogP contribution in [-0.4, -0.2) is 18.2 Å². The van der Waals surface area contributed by atoms with E-state index in [0.717, 1.165) is 16.7 Å².